The molecule has 5 rings (SSSR count). The highest BCUT2D eigenvalue weighted by Crippen LogP contribution is 2.61. The summed E-state index contributed by atoms with van der Waals surface area (Å²) in [6.07, 6.45) is 11.2. The lowest BCUT2D eigenvalue weighted by Gasteiger charge is -2.59. The molecule has 0 aromatic carbocycles. The molecular weight excluding hydrogens is 274 g/mol. The van der Waals surface area contributed by atoms with E-state index >= 15 is 0 Å². The minimum Gasteiger partial charge on any atom is -0.347 e. The summed E-state index contributed by atoms with van der Waals surface area (Å²) in [6.45, 7) is 2.22. The molecule has 1 amide bonds. The van der Waals surface area contributed by atoms with Gasteiger partial charge < -0.3 is 5.32 Å². The van der Waals surface area contributed by atoms with E-state index in [1.165, 1.54) is 38.5 Å². The molecule has 4 fully saturated rings. The van der Waals surface area contributed by atoms with Crippen molar-refractivity contribution in [2.24, 2.45) is 30.2 Å². The fraction of sp³-hybridized carbons (Fsp3) is 0.778. The zero-order valence-electron chi connectivity index (χ0n) is 13.7. The van der Waals surface area contributed by atoms with Gasteiger partial charge in [0.25, 0.3) is 5.91 Å². The lowest BCUT2D eigenvalue weighted by molar-refractivity contribution is -0.0727. The van der Waals surface area contributed by atoms with Gasteiger partial charge in [-0.05, 0) is 74.2 Å². The quantitative estimate of drug-likeness (QED) is 0.928. The van der Waals surface area contributed by atoms with Gasteiger partial charge in [-0.15, -0.1) is 0 Å². The van der Waals surface area contributed by atoms with Crippen LogP contribution in [-0.2, 0) is 7.05 Å². The molecule has 0 radical (unpaired) electrons. The first kappa shape index (κ1) is 14.3. The summed E-state index contributed by atoms with van der Waals surface area (Å²) in [5, 5.41) is 7.59. The molecule has 4 nitrogen and oxygen atoms in total. The molecule has 0 saturated heterocycles. The van der Waals surface area contributed by atoms with E-state index in [-0.39, 0.29) is 5.91 Å². The van der Waals surface area contributed by atoms with Gasteiger partial charge in [-0.1, -0.05) is 6.92 Å². The highest BCUT2D eigenvalue weighted by molar-refractivity contribution is 5.92. The van der Waals surface area contributed by atoms with Crippen molar-refractivity contribution < 1.29 is 4.79 Å². The third-order valence-electron chi connectivity index (χ3n) is 6.48. The number of nitrogens with one attached hydrogen (secondary N) is 1. The normalized spacial score (nSPS) is 37.3. The first-order valence-electron chi connectivity index (χ1n) is 8.88. The molecule has 4 heteroatoms. The number of carbonyl (C=O) groups is 1. The summed E-state index contributed by atoms with van der Waals surface area (Å²) in [4.78, 5) is 12.5. The molecule has 1 unspecified atom stereocenters. The molecule has 22 heavy (non-hydrogen) atoms. The Kier molecular flexibility index (Phi) is 3.31. The predicted molar refractivity (Wildman–Crippen MR) is 85.4 cm³/mol. The van der Waals surface area contributed by atoms with Crippen LogP contribution < -0.4 is 5.32 Å². The topological polar surface area (TPSA) is 46.9 Å². The zero-order valence-corrected chi connectivity index (χ0v) is 13.7. The van der Waals surface area contributed by atoms with Gasteiger partial charge in [-0.3, -0.25) is 9.48 Å². The molecule has 4 aliphatic rings. The Hall–Kier alpha value is -1.32. The van der Waals surface area contributed by atoms with E-state index in [2.05, 4.69) is 17.3 Å². The van der Waals surface area contributed by atoms with E-state index in [1.54, 1.807) is 4.68 Å². The summed E-state index contributed by atoms with van der Waals surface area (Å²) >= 11 is 0. The highest BCUT2D eigenvalue weighted by Gasteiger charge is 2.54. The number of aromatic nitrogens is 2. The van der Waals surface area contributed by atoms with Crippen LogP contribution in [-0.4, -0.2) is 21.7 Å². The number of aryl methyl sites for hydroxylation is 1. The summed E-state index contributed by atoms with van der Waals surface area (Å²) in [5.41, 5.74) is 0.916. The van der Waals surface area contributed by atoms with E-state index in [9.17, 15) is 4.79 Å². The Morgan fingerprint density at radius 2 is 1.91 bits per heavy atom. The first-order valence-corrected chi connectivity index (χ1v) is 8.88. The smallest absolute Gasteiger partial charge is 0.272 e. The maximum Gasteiger partial charge on any atom is 0.272 e. The van der Waals surface area contributed by atoms with Gasteiger partial charge in [0, 0.05) is 19.3 Å². The number of hydrogen-bond donors (Lipinski definition) is 1. The first-order chi connectivity index (χ1) is 10.6. The van der Waals surface area contributed by atoms with Gasteiger partial charge in [0.2, 0.25) is 0 Å². The third kappa shape index (κ3) is 2.27. The van der Waals surface area contributed by atoms with Crippen LogP contribution in [0.3, 0.4) is 0 Å². The number of rotatable bonds is 4. The maximum absolute atomic E-state index is 12.5. The molecule has 0 spiro atoms. The van der Waals surface area contributed by atoms with Gasteiger partial charge >= 0.3 is 0 Å². The molecule has 4 aliphatic carbocycles. The van der Waals surface area contributed by atoms with Crippen molar-refractivity contribution in [3.63, 3.8) is 0 Å². The number of nitrogens with zero attached hydrogens (tertiary/aromatic N) is 2. The molecule has 0 aliphatic heterocycles. The largest absolute Gasteiger partial charge is 0.347 e. The standard InChI is InChI=1S/C18H27N3O/c1-3-16(19-17(22)15-4-5-21(2)20-15)18-9-12-6-13(10-18)8-14(7-12)11-18/h4-5,12-14,16H,3,6-11H2,1-2H3,(H,19,22). The Bertz CT molecular complexity index is 541. The van der Waals surface area contributed by atoms with E-state index in [0.717, 1.165) is 24.2 Å². The molecule has 4 saturated carbocycles. The van der Waals surface area contributed by atoms with E-state index in [1.807, 2.05) is 19.3 Å². The molecule has 1 heterocycles. The van der Waals surface area contributed by atoms with Crippen LogP contribution in [0.15, 0.2) is 12.3 Å². The van der Waals surface area contributed by atoms with Gasteiger partial charge in [0.1, 0.15) is 5.69 Å². The van der Waals surface area contributed by atoms with Gasteiger partial charge in [-0.25, -0.2) is 0 Å². The maximum atomic E-state index is 12.5. The van der Waals surface area contributed by atoms with E-state index in [4.69, 9.17) is 0 Å². The van der Waals surface area contributed by atoms with Crippen LogP contribution in [0.1, 0.15) is 62.4 Å². The third-order valence-corrected chi connectivity index (χ3v) is 6.48. The second-order valence-electron chi connectivity index (χ2n) is 8.09. The van der Waals surface area contributed by atoms with Gasteiger partial charge in [0.05, 0.1) is 0 Å². The lowest BCUT2D eigenvalue weighted by atomic mass is 9.47. The Balaban J connectivity index is 1.53. The molecule has 1 N–H and O–H groups in total. The molecule has 1 aromatic rings. The molecular formula is C18H27N3O. The summed E-state index contributed by atoms with van der Waals surface area (Å²) in [6, 6.07) is 2.12. The SMILES string of the molecule is CCC(NC(=O)c1ccn(C)n1)C12CC3CC(CC(C3)C1)C2. The summed E-state index contributed by atoms with van der Waals surface area (Å²) in [7, 11) is 1.85. The van der Waals surface area contributed by atoms with Crippen LogP contribution in [0.25, 0.3) is 0 Å². The van der Waals surface area contributed by atoms with Crippen LogP contribution in [0.4, 0.5) is 0 Å². The number of amides is 1. The van der Waals surface area contributed by atoms with E-state index in [0.29, 0.717) is 17.2 Å². The van der Waals surface area contributed by atoms with E-state index < -0.39 is 0 Å². The average Bonchev–Trinajstić information content (AvgIpc) is 2.89. The second-order valence-corrected chi connectivity index (χ2v) is 8.09. The zero-order chi connectivity index (χ0) is 15.3. The van der Waals surface area contributed by atoms with Crippen LogP contribution in [0, 0.1) is 23.2 Å². The van der Waals surface area contributed by atoms with Crippen molar-refractivity contribution in [2.75, 3.05) is 0 Å². The number of carbonyl (C=O) groups excluding carboxylic acids is 1. The number of hydrogen-bond acceptors (Lipinski definition) is 2. The minimum absolute atomic E-state index is 0.00296. The fourth-order valence-electron chi connectivity index (χ4n) is 6.06. The van der Waals surface area contributed by atoms with Crippen molar-refractivity contribution in [1.29, 1.82) is 0 Å². The van der Waals surface area contributed by atoms with Crippen molar-refractivity contribution in [2.45, 2.75) is 57.9 Å². The molecule has 120 valence electrons. The summed E-state index contributed by atoms with van der Waals surface area (Å²) in [5.74, 6) is 2.77. The minimum atomic E-state index is 0.00296. The average molecular weight is 301 g/mol. The monoisotopic (exact) mass is 301 g/mol. The molecule has 1 atom stereocenters. The molecule has 4 bridgehead atoms. The predicted octanol–water partition coefficient (Wildman–Crippen LogP) is 3.14. The highest BCUT2D eigenvalue weighted by atomic mass is 16.2. The van der Waals surface area contributed by atoms with Crippen LogP contribution in [0.5, 0.6) is 0 Å². The van der Waals surface area contributed by atoms with Gasteiger partial charge in [-0.2, -0.15) is 5.10 Å². The van der Waals surface area contributed by atoms with Crippen molar-refractivity contribution in [3.8, 4) is 0 Å². The van der Waals surface area contributed by atoms with Crippen molar-refractivity contribution >= 4 is 5.91 Å². The Morgan fingerprint density at radius 3 is 2.36 bits per heavy atom. The summed E-state index contributed by atoms with van der Waals surface area (Å²) < 4.78 is 1.70. The van der Waals surface area contributed by atoms with Gasteiger partial charge in [0.15, 0.2) is 0 Å². The second kappa shape index (κ2) is 5.10. The molecule has 1 aromatic heterocycles. The Labute approximate surface area is 132 Å². The lowest BCUT2D eigenvalue weighted by Crippen LogP contribution is -2.56. The van der Waals surface area contributed by atoms with Crippen LogP contribution >= 0.6 is 0 Å². The van der Waals surface area contributed by atoms with Crippen molar-refractivity contribution in [1.82, 2.24) is 15.1 Å². The van der Waals surface area contributed by atoms with Crippen LogP contribution in [0.2, 0.25) is 0 Å². The van der Waals surface area contributed by atoms with Crippen molar-refractivity contribution in [3.05, 3.63) is 18.0 Å². The Morgan fingerprint density at radius 1 is 1.32 bits per heavy atom. The fourth-order valence-corrected chi connectivity index (χ4v) is 6.06.